The summed E-state index contributed by atoms with van der Waals surface area (Å²) in [4.78, 5) is 0. The molecule has 32 heavy (non-hydrogen) atoms. The third-order valence-electron chi connectivity index (χ3n) is 5.58. The second kappa shape index (κ2) is 14.4. The quantitative estimate of drug-likeness (QED) is 0.125. The van der Waals surface area contributed by atoms with E-state index in [1.54, 1.807) is 11.6 Å². The van der Waals surface area contributed by atoms with Gasteiger partial charge in [-0.15, -0.1) is 58.9 Å². The molecule has 1 fully saturated rings. The van der Waals surface area contributed by atoms with E-state index in [1.165, 1.54) is 46.2 Å². The molecule has 0 heterocycles. The van der Waals surface area contributed by atoms with Gasteiger partial charge in [-0.3, -0.25) is 0 Å². The van der Waals surface area contributed by atoms with Crippen LogP contribution in [0.4, 0.5) is 0 Å². The summed E-state index contributed by atoms with van der Waals surface area (Å²) in [6.07, 6.45) is 18.6. The van der Waals surface area contributed by atoms with Gasteiger partial charge in [0.05, 0.1) is 0 Å². The van der Waals surface area contributed by atoms with Crippen molar-refractivity contribution in [2.24, 2.45) is 5.92 Å². The van der Waals surface area contributed by atoms with Crippen LogP contribution in [0, 0.1) is 19.3 Å². The largest absolute Gasteiger partial charge is 0.227 e. The topological polar surface area (TPSA) is 0 Å². The zero-order valence-electron chi connectivity index (χ0n) is 19.2. The molecule has 2 aliphatic rings. The van der Waals surface area contributed by atoms with Crippen molar-refractivity contribution in [3.8, 4) is 0 Å². The Kier molecular flexibility index (Phi) is 11.9. The summed E-state index contributed by atoms with van der Waals surface area (Å²) >= 11 is 0. The normalized spacial score (nSPS) is 16.3. The van der Waals surface area contributed by atoms with Crippen LogP contribution in [0.5, 0.6) is 0 Å². The van der Waals surface area contributed by atoms with Crippen LogP contribution in [0.25, 0.3) is 10.8 Å². The van der Waals surface area contributed by atoms with Gasteiger partial charge in [-0.2, -0.15) is 6.07 Å². The molecule has 0 aromatic heterocycles. The number of hydrogen-bond acceptors (Lipinski definition) is 0. The first-order valence-corrected chi connectivity index (χ1v) is 12.1. The van der Waals surface area contributed by atoms with Gasteiger partial charge in [0.1, 0.15) is 0 Å². The Balaban J connectivity index is 0.000000203. The number of hydrogen-bond donors (Lipinski definition) is 0. The molecule has 0 bridgehead atoms. The zero-order chi connectivity index (χ0) is 21.9. The van der Waals surface area contributed by atoms with Gasteiger partial charge in [0, 0.05) is 25.8 Å². The van der Waals surface area contributed by atoms with E-state index in [2.05, 4.69) is 98.8 Å². The molecule has 0 aliphatic heterocycles. The van der Waals surface area contributed by atoms with E-state index in [-0.39, 0.29) is 25.8 Å². The zero-order valence-corrected chi connectivity index (χ0v) is 23.8. The maximum absolute atomic E-state index is 3.46. The molecule has 0 N–H and O–H groups in total. The van der Waals surface area contributed by atoms with E-state index in [0.29, 0.717) is 0 Å². The maximum Gasteiger partial charge on any atom is 0 e. The molecule has 2 aliphatic carbocycles. The molecule has 0 nitrogen and oxygen atoms in total. The Morgan fingerprint density at radius 3 is 2.56 bits per heavy atom. The molecule has 1 saturated carbocycles. The second-order valence-corrected chi connectivity index (χ2v) is 9.25. The number of aryl methyl sites for hydroxylation is 1. The molecule has 2 atom stereocenters. The van der Waals surface area contributed by atoms with Crippen molar-refractivity contribution in [3.05, 3.63) is 121 Å². The average Bonchev–Trinajstić information content (AvgIpc) is 3.43. The molecule has 2 unspecified atom stereocenters. The third-order valence-corrected chi connectivity index (χ3v) is 6.99. The van der Waals surface area contributed by atoms with E-state index < -0.39 is 0 Å². The minimum absolute atomic E-state index is 0. The Morgan fingerprint density at radius 2 is 1.88 bits per heavy atom. The Bertz CT molecular complexity index is 1030. The molecule has 5 rings (SSSR count). The van der Waals surface area contributed by atoms with Crippen LogP contribution < -0.4 is 10.6 Å². The average molecular weight is 603 g/mol. The summed E-state index contributed by atoms with van der Waals surface area (Å²) in [7, 11) is 0.759. The van der Waals surface area contributed by atoms with Crippen LogP contribution in [-0.4, -0.2) is 0 Å². The fourth-order valence-corrected chi connectivity index (χ4v) is 5.12. The summed E-state index contributed by atoms with van der Waals surface area (Å²) in [5.41, 5.74) is 2.97. The van der Waals surface area contributed by atoms with Gasteiger partial charge in [0.15, 0.2) is 0 Å². The van der Waals surface area contributed by atoms with Crippen LogP contribution in [-0.2, 0) is 25.8 Å². The van der Waals surface area contributed by atoms with Gasteiger partial charge >= 0.3 is 0 Å². The number of benzene rings is 2. The second-order valence-electron chi connectivity index (χ2n) is 7.88. The van der Waals surface area contributed by atoms with Gasteiger partial charge < -0.3 is 0 Å². The number of rotatable bonds is 3. The van der Waals surface area contributed by atoms with Gasteiger partial charge in [-0.05, 0) is 37.1 Å². The van der Waals surface area contributed by atoms with Crippen molar-refractivity contribution in [3.63, 3.8) is 0 Å². The molecule has 2 heteroatoms. The third kappa shape index (κ3) is 7.95. The van der Waals surface area contributed by atoms with Crippen molar-refractivity contribution in [2.45, 2.75) is 33.1 Å². The standard InChI is InChI=1S/C16H14P.C9H11.C5H8.Hf/c1-12-6-2-5-9-16(12)17-15-10-13-7-3-4-8-14(13)11-15;1-2-5-9-7-3-6-8(9)4-1;1-3-5-4-2;/h2-11,17H,1H3;1-2,4,6,9H,3,5,7H2;3-5H,1H2,2H3;/q2*-1;;. The van der Waals surface area contributed by atoms with Crippen LogP contribution in [0.1, 0.15) is 31.7 Å². The van der Waals surface area contributed by atoms with Crippen molar-refractivity contribution in [2.75, 3.05) is 0 Å². The first-order chi connectivity index (χ1) is 15.2. The summed E-state index contributed by atoms with van der Waals surface area (Å²) in [5, 5.41) is 5.58. The van der Waals surface area contributed by atoms with E-state index >= 15 is 0 Å². The van der Waals surface area contributed by atoms with Crippen LogP contribution >= 0.6 is 8.58 Å². The number of fused-ring (bicyclic) bond motifs is 2. The summed E-state index contributed by atoms with van der Waals surface area (Å²) in [6.45, 7) is 7.61. The van der Waals surface area contributed by atoms with Gasteiger partial charge in [0.25, 0.3) is 0 Å². The van der Waals surface area contributed by atoms with Crippen LogP contribution in [0.2, 0.25) is 0 Å². The molecule has 0 saturated heterocycles. The van der Waals surface area contributed by atoms with Gasteiger partial charge in [-0.25, -0.2) is 18.1 Å². The summed E-state index contributed by atoms with van der Waals surface area (Å²) < 4.78 is 0. The smallest absolute Gasteiger partial charge is 0 e. The first kappa shape index (κ1) is 26.4. The molecular formula is C30H33HfP-2. The molecular weight excluding hydrogens is 570 g/mol. The van der Waals surface area contributed by atoms with Crippen LogP contribution in [0.15, 0.2) is 109 Å². The van der Waals surface area contributed by atoms with Crippen molar-refractivity contribution < 1.29 is 25.8 Å². The molecule has 0 radical (unpaired) electrons. The molecule has 3 aromatic rings. The minimum atomic E-state index is 0. The predicted molar refractivity (Wildman–Crippen MR) is 142 cm³/mol. The van der Waals surface area contributed by atoms with Crippen molar-refractivity contribution >= 4 is 30.0 Å². The first-order valence-electron chi connectivity index (χ1n) is 11.1. The van der Waals surface area contributed by atoms with Gasteiger partial charge in [0.2, 0.25) is 0 Å². The Labute approximate surface area is 215 Å². The van der Waals surface area contributed by atoms with E-state index in [4.69, 9.17) is 0 Å². The van der Waals surface area contributed by atoms with E-state index in [0.717, 1.165) is 14.5 Å². The van der Waals surface area contributed by atoms with Gasteiger partial charge in [-0.1, -0.05) is 70.1 Å². The van der Waals surface area contributed by atoms with Crippen LogP contribution in [0.3, 0.4) is 0 Å². The fraction of sp³-hybridized carbons (Fsp3) is 0.200. The van der Waals surface area contributed by atoms with E-state index in [1.807, 2.05) is 19.1 Å². The predicted octanol–water partition coefficient (Wildman–Crippen LogP) is 7.73. The SMILES string of the molecule is C1=CCC2CC[CH-]C2=C1.C=CC=CC.Cc1ccccc1Pc1cc2ccccc2[cH-]1.[Hf]. The Morgan fingerprint density at radius 1 is 1.09 bits per heavy atom. The molecule has 164 valence electrons. The Hall–Kier alpha value is -1.82. The van der Waals surface area contributed by atoms with E-state index in [9.17, 15) is 0 Å². The molecule has 3 aromatic carbocycles. The molecule has 0 amide bonds. The maximum atomic E-state index is 3.46. The number of allylic oxidation sites excluding steroid dienone is 7. The van der Waals surface area contributed by atoms with Crippen molar-refractivity contribution in [1.82, 2.24) is 0 Å². The molecule has 0 spiro atoms. The summed E-state index contributed by atoms with van der Waals surface area (Å²) in [6, 6.07) is 21.8. The van der Waals surface area contributed by atoms with Crippen molar-refractivity contribution in [1.29, 1.82) is 0 Å². The minimum Gasteiger partial charge on any atom is -0.227 e. The monoisotopic (exact) mass is 604 g/mol. The summed E-state index contributed by atoms with van der Waals surface area (Å²) in [5.74, 6) is 0.884. The fourth-order valence-electron chi connectivity index (χ4n) is 3.89.